The van der Waals surface area contributed by atoms with Crippen LogP contribution in [0.4, 0.5) is 0 Å². The first-order chi connectivity index (χ1) is 7.21. The third kappa shape index (κ3) is 3.47. The first-order valence-corrected chi connectivity index (χ1v) is 5.73. The minimum Gasteiger partial charge on any atom is -0.469 e. The normalized spacial score (nSPS) is 21.3. The molecule has 0 aliphatic carbocycles. The molecule has 1 aliphatic rings. The van der Waals surface area contributed by atoms with Gasteiger partial charge in [-0.3, -0.25) is 4.79 Å². The highest BCUT2D eigenvalue weighted by atomic mass is 16.5. The quantitative estimate of drug-likeness (QED) is 0.638. The van der Waals surface area contributed by atoms with Gasteiger partial charge in [-0.05, 0) is 13.1 Å². The van der Waals surface area contributed by atoms with E-state index in [4.69, 9.17) is 4.74 Å². The van der Waals surface area contributed by atoms with Crippen LogP contribution in [0.3, 0.4) is 0 Å². The molecule has 1 aliphatic heterocycles. The summed E-state index contributed by atoms with van der Waals surface area (Å²) in [5.74, 6) is -0.0637. The molecule has 4 nitrogen and oxygen atoms in total. The summed E-state index contributed by atoms with van der Waals surface area (Å²) >= 11 is 0. The van der Waals surface area contributed by atoms with E-state index in [-0.39, 0.29) is 11.9 Å². The highest BCUT2D eigenvalue weighted by Gasteiger charge is 2.27. The van der Waals surface area contributed by atoms with E-state index in [1.54, 1.807) is 0 Å². The van der Waals surface area contributed by atoms with Crippen molar-refractivity contribution >= 4 is 5.97 Å². The summed E-state index contributed by atoms with van der Waals surface area (Å²) in [7, 11) is 1.47. The lowest BCUT2D eigenvalue weighted by molar-refractivity contribution is -0.146. The Bertz CT molecular complexity index is 195. The zero-order valence-electron chi connectivity index (χ0n) is 10.0. The Balaban J connectivity index is 2.62. The number of likely N-dealkylation sites (N-methyl/N-ethyl adjacent to an activating group) is 2. The van der Waals surface area contributed by atoms with Gasteiger partial charge in [0.05, 0.1) is 13.0 Å². The highest BCUT2D eigenvalue weighted by Crippen LogP contribution is 2.10. The van der Waals surface area contributed by atoms with Gasteiger partial charge in [-0.25, -0.2) is 0 Å². The Morgan fingerprint density at radius 3 is 2.00 bits per heavy atom. The standard InChI is InChI=1S/C11H22N2O2/c1-4-12-6-7-13(5-2)9-10(8-12)11(14)15-3/h10H,4-9H2,1-3H3. The Kier molecular flexibility index (Phi) is 5.05. The molecule has 1 rings (SSSR count). The second-order valence-corrected chi connectivity index (χ2v) is 4.01. The van der Waals surface area contributed by atoms with Crippen LogP contribution in [0.15, 0.2) is 0 Å². The number of esters is 1. The van der Waals surface area contributed by atoms with Gasteiger partial charge in [-0.15, -0.1) is 0 Å². The molecule has 0 spiro atoms. The van der Waals surface area contributed by atoms with Crippen molar-refractivity contribution in [2.24, 2.45) is 5.92 Å². The number of methoxy groups -OCH3 is 1. The van der Waals surface area contributed by atoms with Crippen molar-refractivity contribution in [3.63, 3.8) is 0 Å². The van der Waals surface area contributed by atoms with Crippen molar-refractivity contribution in [2.75, 3.05) is 46.4 Å². The summed E-state index contributed by atoms with van der Waals surface area (Å²) in [5.41, 5.74) is 0. The van der Waals surface area contributed by atoms with E-state index in [1.807, 2.05) is 0 Å². The largest absolute Gasteiger partial charge is 0.469 e. The lowest BCUT2D eigenvalue weighted by Crippen LogP contribution is -2.35. The molecule has 0 N–H and O–H groups in total. The number of carbonyl (C=O) groups excluding carboxylic acids is 1. The number of nitrogens with zero attached hydrogens (tertiary/aromatic N) is 2. The summed E-state index contributed by atoms with van der Waals surface area (Å²) < 4.78 is 4.84. The SMILES string of the molecule is CCN1CCN(CC)CC(C(=O)OC)C1. The van der Waals surface area contributed by atoms with Crippen LogP contribution in [-0.4, -0.2) is 62.1 Å². The molecule has 0 aromatic carbocycles. The molecule has 4 heteroatoms. The Hall–Kier alpha value is -0.610. The van der Waals surface area contributed by atoms with Crippen molar-refractivity contribution in [2.45, 2.75) is 13.8 Å². The Morgan fingerprint density at radius 2 is 1.67 bits per heavy atom. The molecule has 0 saturated carbocycles. The fraction of sp³-hybridized carbons (Fsp3) is 0.909. The van der Waals surface area contributed by atoms with E-state index in [0.717, 1.165) is 39.3 Å². The number of carbonyl (C=O) groups is 1. The number of ether oxygens (including phenoxy) is 1. The summed E-state index contributed by atoms with van der Waals surface area (Å²) in [6.07, 6.45) is 0. The van der Waals surface area contributed by atoms with E-state index in [1.165, 1.54) is 7.11 Å². The second-order valence-electron chi connectivity index (χ2n) is 4.01. The van der Waals surface area contributed by atoms with E-state index in [0.29, 0.717) is 0 Å². The van der Waals surface area contributed by atoms with Gasteiger partial charge in [-0.2, -0.15) is 0 Å². The average Bonchev–Trinajstić information content (AvgIpc) is 2.49. The van der Waals surface area contributed by atoms with E-state index < -0.39 is 0 Å². The summed E-state index contributed by atoms with van der Waals surface area (Å²) in [5, 5.41) is 0. The molecular weight excluding hydrogens is 192 g/mol. The van der Waals surface area contributed by atoms with Crippen LogP contribution in [0.1, 0.15) is 13.8 Å². The lowest BCUT2D eigenvalue weighted by atomic mass is 10.1. The molecule has 0 bridgehead atoms. The topological polar surface area (TPSA) is 32.8 Å². The van der Waals surface area contributed by atoms with Crippen LogP contribution < -0.4 is 0 Å². The summed E-state index contributed by atoms with van der Waals surface area (Å²) in [6, 6.07) is 0. The molecule has 0 aromatic rings. The first-order valence-electron chi connectivity index (χ1n) is 5.73. The maximum atomic E-state index is 11.6. The fourth-order valence-corrected chi connectivity index (χ4v) is 2.04. The average molecular weight is 214 g/mol. The molecule has 1 fully saturated rings. The van der Waals surface area contributed by atoms with Crippen molar-refractivity contribution in [3.05, 3.63) is 0 Å². The van der Waals surface area contributed by atoms with Gasteiger partial charge in [0.15, 0.2) is 0 Å². The smallest absolute Gasteiger partial charge is 0.311 e. The molecule has 0 atom stereocenters. The molecule has 0 radical (unpaired) electrons. The monoisotopic (exact) mass is 214 g/mol. The first kappa shape index (κ1) is 12.5. The Labute approximate surface area is 92.2 Å². The van der Waals surface area contributed by atoms with Gasteiger partial charge >= 0.3 is 5.97 Å². The molecule has 1 heterocycles. The van der Waals surface area contributed by atoms with Crippen LogP contribution in [0.2, 0.25) is 0 Å². The van der Waals surface area contributed by atoms with Gasteiger partial charge < -0.3 is 14.5 Å². The van der Waals surface area contributed by atoms with E-state index >= 15 is 0 Å². The van der Waals surface area contributed by atoms with Crippen LogP contribution >= 0.6 is 0 Å². The van der Waals surface area contributed by atoms with E-state index in [2.05, 4.69) is 23.6 Å². The van der Waals surface area contributed by atoms with Crippen molar-refractivity contribution < 1.29 is 9.53 Å². The molecule has 88 valence electrons. The second kappa shape index (κ2) is 6.08. The van der Waals surface area contributed by atoms with Gasteiger partial charge in [0.1, 0.15) is 0 Å². The predicted octanol–water partition coefficient (Wildman–Crippen LogP) is 0.433. The molecule has 15 heavy (non-hydrogen) atoms. The molecule has 1 saturated heterocycles. The molecular formula is C11H22N2O2. The lowest BCUT2D eigenvalue weighted by Gasteiger charge is -2.20. The summed E-state index contributed by atoms with van der Waals surface area (Å²) in [6.45, 7) is 10.1. The zero-order valence-corrected chi connectivity index (χ0v) is 10.0. The minimum absolute atomic E-state index is 0.0115. The minimum atomic E-state index is -0.0752. The van der Waals surface area contributed by atoms with Crippen LogP contribution in [-0.2, 0) is 9.53 Å². The van der Waals surface area contributed by atoms with E-state index in [9.17, 15) is 4.79 Å². The maximum absolute atomic E-state index is 11.6. The third-order valence-corrected chi connectivity index (χ3v) is 3.12. The van der Waals surface area contributed by atoms with Gasteiger partial charge in [-0.1, -0.05) is 13.8 Å². The number of rotatable bonds is 3. The molecule has 0 aromatic heterocycles. The fourth-order valence-electron chi connectivity index (χ4n) is 2.04. The Morgan fingerprint density at radius 1 is 1.20 bits per heavy atom. The zero-order chi connectivity index (χ0) is 11.3. The third-order valence-electron chi connectivity index (χ3n) is 3.12. The molecule has 0 amide bonds. The van der Waals surface area contributed by atoms with Gasteiger partial charge in [0, 0.05) is 26.2 Å². The highest BCUT2D eigenvalue weighted by molar-refractivity contribution is 5.72. The van der Waals surface area contributed by atoms with Crippen molar-refractivity contribution in [3.8, 4) is 0 Å². The van der Waals surface area contributed by atoms with Gasteiger partial charge in [0.25, 0.3) is 0 Å². The molecule has 0 unspecified atom stereocenters. The number of hydrogen-bond donors (Lipinski definition) is 0. The van der Waals surface area contributed by atoms with Crippen molar-refractivity contribution in [1.29, 1.82) is 0 Å². The predicted molar refractivity (Wildman–Crippen MR) is 59.7 cm³/mol. The van der Waals surface area contributed by atoms with Crippen LogP contribution in [0, 0.1) is 5.92 Å². The number of hydrogen-bond acceptors (Lipinski definition) is 4. The maximum Gasteiger partial charge on any atom is 0.311 e. The van der Waals surface area contributed by atoms with Crippen LogP contribution in [0.25, 0.3) is 0 Å². The summed E-state index contributed by atoms with van der Waals surface area (Å²) in [4.78, 5) is 16.2. The van der Waals surface area contributed by atoms with Crippen molar-refractivity contribution in [1.82, 2.24) is 9.80 Å². The van der Waals surface area contributed by atoms with Crippen LogP contribution in [0.5, 0.6) is 0 Å². The van der Waals surface area contributed by atoms with Gasteiger partial charge in [0.2, 0.25) is 0 Å².